The fourth-order valence-electron chi connectivity index (χ4n) is 2.29. The van der Waals surface area contributed by atoms with Crippen molar-refractivity contribution in [2.75, 3.05) is 18.2 Å². The number of para-hydroxylation sites is 2. The topological polar surface area (TPSA) is 112 Å². The van der Waals surface area contributed by atoms with E-state index in [-0.39, 0.29) is 34.9 Å². The third-order valence-corrected chi connectivity index (χ3v) is 3.85. The van der Waals surface area contributed by atoms with Gasteiger partial charge < -0.3 is 20.5 Å². The van der Waals surface area contributed by atoms with Gasteiger partial charge in [0.2, 0.25) is 11.9 Å². The second-order valence-corrected chi connectivity index (χ2v) is 5.87. The number of anilines is 3. The molecule has 28 heavy (non-hydrogen) atoms. The molecule has 10 heteroatoms. The van der Waals surface area contributed by atoms with Gasteiger partial charge in [0, 0.05) is 0 Å². The van der Waals surface area contributed by atoms with Gasteiger partial charge >= 0.3 is 5.97 Å². The van der Waals surface area contributed by atoms with Crippen molar-refractivity contribution in [3.8, 4) is 5.75 Å². The van der Waals surface area contributed by atoms with Gasteiger partial charge in [-0.1, -0.05) is 23.7 Å². The maximum absolute atomic E-state index is 13.1. The average molecular weight is 404 g/mol. The van der Waals surface area contributed by atoms with E-state index in [1.54, 1.807) is 12.1 Å². The minimum absolute atomic E-state index is 0.0254. The SMILES string of the molecule is COc1ccccc1Nc1nc(N)nc(COC(=O)c2ccc(F)cc2Cl)n1. The zero-order chi connectivity index (χ0) is 20.1. The van der Waals surface area contributed by atoms with Crippen LogP contribution >= 0.6 is 11.6 Å². The maximum atomic E-state index is 13.1. The first-order valence-corrected chi connectivity index (χ1v) is 8.36. The number of carbonyl (C=O) groups excluding carboxylic acids is 1. The number of hydrogen-bond donors (Lipinski definition) is 2. The lowest BCUT2D eigenvalue weighted by Gasteiger charge is -2.11. The van der Waals surface area contributed by atoms with Gasteiger partial charge in [-0.25, -0.2) is 9.18 Å². The van der Waals surface area contributed by atoms with Crippen LogP contribution in [0.25, 0.3) is 0 Å². The monoisotopic (exact) mass is 403 g/mol. The smallest absolute Gasteiger partial charge is 0.340 e. The number of nitrogens with two attached hydrogens (primary N) is 1. The Kier molecular flexibility index (Phi) is 5.85. The van der Waals surface area contributed by atoms with Gasteiger partial charge in [-0.05, 0) is 30.3 Å². The third kappa shape index (κ3) is 4.63. The average Bonchev–Trinajstić information content (AvgIpc) is 2.66. The van der Waals surface area contributed by atoms with Crippen molar-refractivity contribution in [3.63, 3.8) is 0 Å². The predicted molar refractivity (Wildman–Crippen MR) is 101 cm³/mol. The summed E-state index contributed by atoms with van der Waals surface area (Å²) in [7, 11) is 1.54. The molecule has 0 spiro atoms. The summed E-state index contributed by atoms with van der Waals surface area (Å²) in [6.07, 6.45) is 0. The Labute approximate surface area is 164 Å². The number of nitrogen functional groups attached to an aromatic ring is 1. The summed E-state index contributed by atoms with van der Waals surface area (Å²) in [6.45, 7) is -0.278. The Balaban J connectivity index is 1.73. The molecule has 0 bridgehead atoms. The molecule has 3 aromatic rings. The van der Waals surface area contributed by atoms with Crippen LogP contribution in [0.3, 0.4) is 0 Å². The number of benzene rings is 2. The molecule has 3 rings (SSSR count). The number of methoxy groups -OCH3 is 1. The molecule has 2 aromatic carbocycles. The molecule has 0 fully saturated rings. The number of hydrogen-bond acceptors (Lipinski definition) is 8. The van der Waals surface area contributed by atoms with E-state index in [2.05, 4.69) is 20.3 Å². The summed E-state index contributed by atoms with van der Waals surface area (Å²) >= 11 is 5.85. The van der Waals surface area contributed by atoms with Crippen LogP contribution in [0.1, 0.15) is 16.2 Å². The Morgan fingerprint density at radius 2 is 2.00 bits per heavy atom. The molecule has 1 heterocycles. The first kappa shape index (κ1) is 19.3. The van der Waals surface area contributed by atoms with Gasteiger partial charge in [0.15, 0.2) is 12.4 Å². The highest BCUT2D eigenvalue weighted by molar-refractivity contribution is 6.33. The molecular weight excluding hydrogens is 389 g/mol. The van der Waals surface area contributed by atoms with E-state index in [1.807, 2.05) is 12.1 Å². The van der Waals surface area contributed by atoms with Crippen molar-refractivity contribution in [1.29, 1.82) is 0 Å². The first-order chi connectivity index (χ1) is 13.5. The van der Waals surface area contributed by atoms with Crippen LogP contribution in [-0.4, -0.2) is 28.0 Å². The first-order valence-electron chi connectivity index (χ1n) is 7.99. The maximum Gasteiger partial charge on any atom is 0.340 e. The number of aromatic nitrogens is 3. The van der Waals surface area contributed by atoms with Crippen LogP contribution in [0.2, 0.25) is 5.02 Å². The van der Waals surface area contributed by atoms with Crippen LogP contribution in [0, 0.1) is 5.82 Å². The molecule has 0 amide bonds. The summed E-state index contributed by atoms with van der Waals surface area (Å²) in [4.78, 5) is 24.2. The number of nitrogens with one attached hydrogen (secondary N) is 1. The summed E-state index contributed by atoms with van der Waals surface area (Å²) in [5, 5.41) is 2.91. The summed E-state index contributed by atoms with van der Waals surface area (Å²) in [5.41, 5.74) is 6.35. The van der Waals surface area contributed by atoms with Gasteiger partial charge in [-0.3, -0.25) is 0 Å². The largest absolute Gasteiger partial charge is 0.495 e. The van der Waals surface area contributed by atoms with Crippen LogP contribution in [0.5, 0.6) is 5.75 Å². The van der Waals surface area contributed by atoms with E-state index in [0.717, 1.165) is 12.1 Å². The van der Waals surface area contributed by atoms with Crippen molar-refractivity contribution < 1.29 is 18.7 Å². The molecule has 0 aliphatic rings. The lowest BCUT2D eigenvalue weighted by Crippen LogP contribution is -2.11. The molecule has 0 saturated carbocycles. The number of nitrogens with zero attached hydrogens (tertiary/aromatic N) is 3. The summed E-state index contributed by atoms with van der Waals surface area (Å²) < 4.78 is 23.5. The van der Waals surface area contributed by atoms with Gasteiger partial charge in [-0.2, -0.15) is 15.0 Å². The fourth-order valence-corrected chi connectivity index (χ4v) is 2.53. The quantitative estimate of drug-likeness (QED) is 0.602. The predicted octanol–water partition coefficient (Wildman–Crippen LogP) is 3.36. The van der Waals surface area contributed by atoms with E-state index in [9.17, 15) is 9.18 Å². The van der Waals surface area contributed by atoms with Crippen LogP contribution in [0.15, 0.2) is 42.5 Å². The van der Waals surface area contributed by atoms with Crippen molar-refractivity contribution in [3.05, 3.63) is 64.7 Å². The molecular formula is C18H15ClFN5O3. The zero-order valence-corrected chi connectivity index (χ0v) is 15.4. The molecule has 0 unspecified atom stereocenters. The molecule has 1 aromatic heterocycles. The summed E-state index contributed by atoms with van der Waals surface area (Å²) in [5.74, 6) is -0.500. The van der Waals surface area contributed by atoms with E-state index in [4.69, 9.17) is 26.8 Å². The van der Waals surface area contributed by atoms with Crippen LogP contribution in [0.4, 0.5) is 22.0 Å². The van der Waals surface area contributed by atoms with Crippen LogP contribution in [-0.2, 0) is 11.3 Å². The standard InChI is InChI=1S/C18H15ClFN5O3/c1-27-14-5-3-2-4-13(14)22-18-24-15(23-17(21)25-18)9-28-16(26)11-7-6-10(20)8-12(11)19/h2-8H,9H2,1H3,(H3,21,22,23,24,25). The molecule has 0 aliphatic heterocycles. The molecule has 8 nitrogen and oxygen atoms in total. The minimum atomic E-state index is -0.747. The van der Waals surface area contributed by atoms with Crippen molar-refractivity contribution in [2.45, 2.75) is 6.61 Å². The van der Waals surface area contributed by atoms with Crippen molar-refractivity contribution >= 4 is 35.2 Å². The van der Waals surface area contributed by atoms with E-state index in [0.29, 0.717) is 11.4 Å². The highest BCUT2D eigenvalue weighted by atomic mass is 35.5. The molecule has 0 aliphatic carbocycles. The molecule has 3 N–H and O–H groups in total. The van der Waals surface area contributed by atoms with Crippen molar-refractivity contribution in [2.24, 2.45) is 0 Å². The molecule has 0 atom stereocenters. The lowest BCUT2D eigenvalue weighted by molar-refractivity contribution is 0.0462. The lowest BCUT2D eigenvalue weighted by atomic mass is 10.2. The van der Waals surface area contributed by atoms with Gasteiger partial charge in [0.1, 0.15) is 11.6 Å². The second kappa shape index (κ2) is 8.49. The molecule has 144 valence electrons. The fraction of sp³-hybridized carbons (Fsp3) is 0.111. The second-order valence-electron chi connectivity index (χ2n) is 5.46. The van der Waals surface area contributed by atoms with Gasteiger partial charge in [0.05, 0.1) is 23.4 Å². The Bertz CT molecular complexity index is 1020. The highest BCUT2D eigenvalue weighted by Gasteiger charge is 2.14. The highest BCUT2D eigenvalue weighted by Crippen LogP contribution is 2.25. The normalized spacial score (nSPS) is 10.4. The minimum Gasteiger partial charge on any atom is -0.495 e. The number of ether oxygens (including phenoxy) is 2. The van der Waals surface area contributed by atoms with Crippen LogP contribution < -0.4 is 15.8 Å². The third-order valence-electron chi connectivity index (χ3n) is 3.54. The van der Waals surface area contributed by atoms with E-state index < -0.39 is 11.8 Å². The number of rotatable bonds is 6. The Morgan fingerprint density at radius 1 is 1.21 bits per heavy atom. The van der Waals surface area contributed by atoms with Gasteiger partial charge in [-0.15, -0.1) is 0 Å². The Morgan fingerprint density at radius 3 is 2.75 bits per heavy atom. The van der Waals surface area contributed by atoms with E-state index >= 15 is 0 Å². The number of esters is 1. The van der Waals surface area contributed by atoms with E-state index in [1.165, 1.54) is 13.2 Å². The Hall–Kier alpha value is -3.46. The summed E-state index contributed by atoms with van der Waals surface area (Å²) in [6, 6.07) is 10.5. The molecule has 0 radical (unpaired) electrons. The number of halogens is 2. The van der Waals surface area contributed by atoms with Crippen molar-refractivity contribution in [1.82, 2.24) is 15.0 Å². The molecule has 0 saturated heterocycles. The van der Waals surface area contributed by atoms with Gasteiger partial charge in [0.25, 0.3) is 0 Å². The zero-order valence-electron chi connectivity index (χ0n) is 14.6. The number of carbonyl (C=O) groups is 1.